The molecule has 1 aromatic rings. The SMILES string of the molecule is Cc1ccccc1[C@H](C)NC(=O)C1CC2CCC1N2. The van der Waals surface area contributed by atoms with Crippen molar-refractivity contribution >= 4 is 5.91 Å². The summed E-state index contributed by atoms with van der Waals surface area (Å²) in [6.07, 6.45) is 3.40. The molecule has 2 aliphatic rings. The van der Waals surface area contributed by atoms with Crippen LogP contribution in [0.3, 0.4) is 0 Å². The van der Waals surface area contributed by atoms with Gasteiger partial charge in [0.05, 0.1) is 12.0 Å². The summed E-state index contributed by atoms with van der Waals surface area (Å²) in [4.78, 5) is 12.4. The van der Waals surface area contributed by atoms with Gasteiger partial charge in [0.1, 0.15) is 0 Å². The maximum Gasteiger partial charge on any atom is 0.225 e. The van der Waals surface area contributed by atoms with Crippen molar-refractivity contribution in [2.45, 2.75) is 51.2 Å². The standard InChI is InChI=1S/C16H22N2O/c1-10-5-3-4-6-13(10)11(2)17-16(19)14-9-12-7-8-15(14)18-12/h3-6,11-12,14-15,18H,7-9H2,1-2H3,(H,17,19)/t11-,12?,14?,15?/m0/s1. The lowest BCUT2D eigenvalue weighted by atomic mass is 9.88. The highest BCUT2D eigenvalue weighted by atomic mass is 16.2. The zero-order valence-corrected chi connectivity index (χ0v) is 11.6. The summed E-state index contributed by atoms with van der Waals surface area (Å²) in [7, 11) is 0. The monoisotopic (exact) mass is 258 g/mol. The molecule has 2 aliphatic heterocycles. The second-order valence-electron chi connectivity index (χ2n) is 5.98. The van der Waals surface area contributed by atoms with Crippen LogP contribution in [-0.4, -0.2) is 18.0 Å². The van der Waals surface area contributed by atoms with Crippen molar-refractivity contribution in [3.63, 3.8) is 0 Å². The summed E-state index contributed by atoms with van der Waals surface area (Å²) in [5.74, 6) is 0.390. The maximum atomic E-state index is 12.4. The largest absolute Gasteiger partial charge is 0.349 e. The third-order valence-electron chi connectivity index (χ3n) is 4.65. The number of carbonyl (C=O) groups is 1. The van der Waals surface area contributed by atoms with Crippen LogP contribution in [0, 0.1) is 12.8 Å². The van der Waals surface area contributed by atoms with E-state index in [0.29, 0.717) is 12.1 Å². The first-order chi connectivity index (χ1) is 9.15. The molecular weight excluding hydrogens is 236 g/mol. The molecule has 3 rings (SSSR count). The average Bonchev–Trinajstić information content (AvgIpc) is 3.01. The molecule has 0 radical (unpaired) electrons. The molecule has 0 saturated carbocycles. The van der Waals surface area contributed by atoms with Crippen LogP contribution in [0.15, 0.2) is 24.3 Å². The fourth-order valence-electron chi connectivity index (χ4n) is 3.58. The maximum absolute atomic E-state index is 12.4. The highest BCUT2D eigenvalue weighted by molar-refractivity contribution is 5.80. The summed E-state index contributed by atoms with van der Waals surface area (Å²) in [5, 5.41) is 6.71. The van der Waals surface area contributed by atoms with Crippen molar-refractivity contribution in [2.75, 3.05) is 0 Å². The summed E-state index contributed by atoms with van der Waals surface area (Å²) < 4.78 is 0. The number of benzene rings is 1. The number of fused-ring (bicyclic) bond motifs is 2. The van der Waals surface area contributed by atoms with Gasteiger partial charge in [-0.1, -0.05) is 24.3 Å². The Labute approximate surface area is 114 Å². The van der Waals surface area contributed by atoms with E-state index in [2.05, 4.69) is 36.6 Å². The number of hydrogen-bond acceptors (Lipinski definition) is 2. The Hall–Kier alpha value is -1.35. The smallest absolute Gasteiger partial charge is 0.225 e. The molecule has 1 amide bonds. The van der Waals surface area contributed by atoms with Crippen molar-refractivity contribution in [1.29, 1.82) is 0 Å². The van der Waals surface area contributed by atoms with E-state index in [1.807, 2.05) is 12.1 Å². The molecular formula is C16H22N2O. The van der Waals surface area contributed by atoms with Gasteiger partial charge in [0, 0.05) is 12.1 Å². The molecule has 0 aliphatic carbocycles. The molecule has 0 aromatic heterocycles. The van der Waals surface area contributed by atoms with Crippen molar-refractivity contribution in [3.05, 3.63) is 35.4 Å². The summed E-state index contributed by atoms with van der Waals surface area (Å²) in [6, 6.07) is 9.34. The molecule has 2 fully saturated rings. The van der Waals surface area contributed by atoms with Gasteiger partial charge in [0.2, 0.25) is 5.91 Å². The molecule has 0 spiro atoms. The van der Waals surface area contributed by atoms with Gasteiger partial charge in [-0.3, -0.25) is 4.79 Å². The molecule has 2 bridgehead atoms. The predicted octanol–water partition coefficient (Wildman–Crippen LogP) is 2.31. The molecule has 3 heteroatoms. The lowest BCUT2D eigenvalue weighted by Gasteiger charge is -2.23. The van der Waals surface area contributed by atoms with Crippen molar-refractivity contribution < 1.29 is 4.79 Å². The average molecular weight is 258 g/mol. The van der Waals surface area contributed by atoms with Crippen LogP contribution in [0.1, 0.15) is 43.4 Å². The minimum atomic E-state index is 0.0906. The Morgan fingerprint density at radius 2 is 2.16 bits per heavy atom. The van der Waals surface area contributed by atoms with Gasteiger partial charge in [-0.2, -0.15) is 0 Å². The van der Waals surface area contributed by atoms with Crippen LogP contribution in [-0.2, 0) is 4.79 Å². The number of nitrogens with one attached hydrogen (secondary N) is 2. The minimum Gasteiger partial charge on any atom is -0.349 e. The first-order valence-corrected chi connectivity index (χ1v) is 7.27. The summed E-state index contributed by atoms with van der Waals surface area (Å²) in [6.45, 7) is 4.16. The Morgan fingerprint density at radius 1 is 1.37 bits per heavy atom. The Balaban J connectivity index is 1.65. The van der Waals surface area contributed by atoms with E-state index in [9.17, 15) is 4.79 Å². The van der Waals surface area contributed by atoms with Crippen LogP contribution in [0.2, 0.25) is 0 Å². The van der Waals surface area contributed by atoms with Gasteiger partial charge in [0.15, 0.2) is 0 Å². The van der Waals surface area contributed by atoms with E-state index in [1.54, 1.807) is 0 Å². The molecule has 4 atom stereocenters. The number of rotatable bonds is 3. The van der Waals surface area contributed by atoms with Crippen LogP contribution < -0.4 is 10.6 Å². The third-order valence-corrected chi connectivity index (χ3v) is 4.65. The molecule has 3 nitrogen and oxygen atoms in total. The zero-order valence-electron chi connectivity index (χ0n) is 11.6. The Kier molecular flexibility index (Phi) is 3.31. The van der Waals surface area contributed by atoms with Gasteiger partial charge in [-0.05, 0) is 44.2 Å². The van der Waals surface area contributed by atoms with Gasteiger partial charge in [-0.25, -0.2) is 0 Å². The van der Waals surface area contributed by atoms with Crippen LogP contribution in [0.4, 0.5) is 0 Å². The lowest BCUT2D eigenvalue weighted by molar-refractivity contribution is -0.126. The van der Waals surface area contributed by atoms with E-state index >= 15 is 0 Å². The number of aryl methyl sites for hydroxylation is 1. The third kappa shape index (κ3) is 2.39. The van der Waals surface area contributed by atoms with E-state index in [-0.39, 0.29) is 17.9 Å². The van der Waals surface area contributed by atoms with Crippen LogP contribution in [0.25, 0.3) is 0 Å². The number of carbonyl (C=O) groups excluding carboxylic acids is 1. The number of hydrogen-bond donors (Lipinski definition) is 2. The van der Waals surface area contributed by atoms with E-state index in [1.165, 1.54) is 17.5 Å². The second-order valence-corrected chi connectivity index (χ2v) is 5.98. The minimum absolute atomic E-state index is 0.0906. The molecule has 102 valence electrons. The van der Waals surface area contributed by atoms with Crippen molar-refractivity contribution in [1.82, 2.24) is 10.6 Å². The highest BCUT2D eigenvalue weighted by Gasteiger charge is 2.42. The van der Waals surface area contributed by atoms with E-state index < -0.39 is 0 Å². The molecule has 3 unspecified atom stereocenters. The predicted molar refractivity (Wildman–Crippen MR) is 75.8 cm³/mol. The number of amides is 1. The first-order valence-electron chi connectivity index (χ1n) is 7.27. The van der Waals surface area contributed by atoms with Gasteiger partial charge in [-0.15, -0.1) is 0 Å². The van der Waals surface area contributed by atoms with E-state index in [0.717, 1.165) is 12.8 Å². The van der Waals surface area contributed by atoms with Crippen molar-refractivity contribution in [3.8, 4) is 0 Å². The molecule has 2 heterocycles. The Morgan fingerprint density at radius 3 is 2.79 bits per heavy atom. The van der Waals surface area contributed by atoms with Crippen LogP contribution in [0.5, 0.6) is 0 Å². The molecule has 2 N–H and O–H groups in total. The lowest BCUT2D eigenvalue weighted by Crippen LogP contribution is -2.38. The fourth-order valence-corrected chi connectivity index (χ4v) is 3.58. The molecule has 2 saturated heterocycles. The topological polar surface area (TPSA) is 41.1 Å². The Bertz CT molecular complexity index is 485. The van der Waals surface area contributed by atoms with Crippen LogP contribution >= 0.6 is 0 Å². The van der Waals surface area contributed by atoms with E-state index in [4.69, 9.17) is 0 Å². The summed E-state index contributed by atoms with van der Waals surface area (Å²) in [5.41, 5.74) is 2.45. The van der Waals surface area contributed by atoms with Gasteiger partial charge < -0.3 is 10.6 Å². The normalized spacial score (nSPS) is 30.3. The summed E-state index contributed by atoms with van der Waals surface area (Å²) >= 11 is 0. The first kappa shape index (κ1) is 12.7. The fraction of sp³-hybridized carbons (Fsp3) is 0.562. The highest BCUT2D eigenvalue weighted by Crippen LogP contribution is 2.33. The molecule has 1 aromatic carbocycles. The van der Waals surface area contributed by atoms with Gasteiger partial charge >= 0.3 is 0 Å². The second kappa shape index (κ2) is 4.97. The molecule has 19 heavy (non-hydrogen) atoms. The zero-order chi connectivity index (χ0) is 13.4. The quantitative estimate of drug-likeness (QED) is 0.873. The van der Waals surface area contributed by atoms with Gasteiger partial charge in [0.25, 0.3) is 0 Å². The van der Waals surface area contributed by atoms with Crippen molar-refractivity contribution in [2.24, 2.45) is 5.92 Å².